The Morgan fingerprint density at radius 2 is 2.00 bits per heavy atom. The van der Waals surface area contributed by atoms with Gasteiger partial charge in [-0.05, 0) is 42.8 Å². The monoisotopic (exact) mass is 389 g/mol. The molecule has 0 aliphatic heterocycles. The Morgan fingerprint density at radius 1 is 1.17 bits per heavy atom. The Morgan fingerprint density at radius 3 is 2.76 bits per heavy atom. The van der Waals surface area contributed by atoms with Crippen LogP contribution >= 0.6 is 0 Å². The summed E-state index contributed by atoms with van der Waals surface area (Å²) in [6.45, 7) is 2.31. The molecule has 4 rings (SSSR count). The van der Waals surface area contributed by atoms with Gasteiger partial charge in [-0.25, -0.2) is 4.39 Å². The highest BCUT2D eigenvalue weighted by Crippen LogP contribution is 2.21. The molecule has 4 aromatic rings. The number of nitrogens with zero attached hydrogens (tertiary/aromatic N) is 1. The number of aromatic amines is 1. The summed E-state index contributed by atoms with van der Waals surface area (Å²) in [5, 5.41) is 3.45. The van der Waals surface area contributed by atoms with Crippen molar-refractivity contribution in [2.45, 2.75) is 19.6 Å². The average molecular weight is 389 g/mol. The Hall–Kier alpha value is -3.67. The summed E-state index contributed by atoms with van der Waals surface area (Å²) in [5.41, 5.74) is 2.89. The topological polar surface area (TPSA) is 67.0 Å². The number of hydrogen-bond donors (Lipinski definition) is 2. The fourth-order valence-corrected chi connectivity index (χ4v) is 3.10. The average Bonchev–Trinajstić information content (AvgIpc) is 3.16. The fraction of sp³-hybridized carbons (Fsp3) is 0.130. The molecule has 6 heteroatoms. The van der Waals surface area contributed by atoms with Crippen molar-refractivity contribution in [3.05, 3.63) is 95.7 Å². The van der Waals surface area contributed by atoms with Crippen molar-refractivity contribution in [1.29, 1.82) is 0 Å². The molecule has 0 aliphatic carbocycles. The zero-order valence-electron chi connectivity index (χ0n) is 15.9. The van der Waals surface area contributed by atoms with E-state index in [4.69, 9.17) is 4.74 Å². The maximum Gasteiger partial charge on any atom is 0.253 e. The molecule has 2 N–H and O–H groups in total. The molecule has 2 heterocycles. The molecule has 146 valence electrons. The van der Waals surface area contributed by atoms with E-state index in [1.54, 1.807) is 18.5 Å². The standard InChI is InChI=1S/C23H20FN3O2/c1-15(27-23(28)20-13-26-22-9-7-17(24)11-19(20)22)21-10-8-18(12-25-21)29-14-16-5-3-2-4-6-16/h2-13,15,26H,14H2,1H3,(H,27,28). The number of aromatic nitrogens is 2. The number of benzene rings is 2. The lowest BCUT2D eigenvalue weighted by Gasteiger charge is -2.14. The summed E-state index contributed by atoms with van der Waals surface area (Å²) in [7, 11) is 0. The molecule has 0 fully saturated rings. The Balaban J connectivity index is 1.40. The zero-order valence-corrected chi connectivity index (χ0v) is 15.9. The lowest BCUT2D eigenvalue weighted by atomic mass is 10.1. The summed E-state index contributed by atoms with van der Waals surface area (Å²) >= 11 is 0. The van der Waals surface area contributed by atoms with Crippen LogP contribution in [0.3, 0.4) is 0 Å². The van der Waals surface area contributed by atoms with Crippen LogP contribution in [0.25, 0.3) is 10.9 Å². The van der Waals surface area contributed by atoms with Gasteiger partial charge in [0.25, 0.3) is 5.91 Å². The van der Waals surface area contributed by atoms with Crippen LogP contribution in [-0.2, 0) is 6.61 Å². The fourth-order valence-electron chi connectivity index (χ4n) is 3.10. The third-order valence-electron chi connectivity index (χ3n) is 4.69. The van der Waals surface area contributed by atoms with Gasteiger partial charge in [-0.2, -0.15) is 0 Å². The van der Waals surface area contributed by atoms with Crippen LogP contribution in [-0.4, -0.2) is 15.9 Å². The van der Waals surface area contributed by atoms with Crippen molar-refractivity contribution in [1.82, 2.24) is 15.3 Å². The van der Waals surface area contributed by atoms with Gasteiger partial charge in [-0.1, -0.05) is 30.3 Å². The van der Waals surface area contributed by atoms with Crippen LogP contribution in [0, 0.1) is 5.82 Å². The molecular formula is C23H20FN3O2. The molecule has 0 saturated heterocycles. The van der Waals surface area contributed by atoms with E-state index in [-0.39, 0.29) is 17.8 Å². The first-order valence-corrected chi connectivity index (χ1v) is 9.30. The highest BCUT2D eigenvalue weighted by molar-refractivity contribution is 6.06. The van der Waals surface area contributed by atoms with Gasteiger partial charge >= 0.3 is 0 Å². The normalized spacial score (nSPS) is 11.9. The molecule has 1 amide bonds. The molecule has 1 unspecified atom stereocenters. The van der Waals surface area contributed by atoms with E-state index in [1.807, 2.05) is 49.4 Å². The number of ether oxygens (including phenoxy) is 1. The van der Waals surface area contributed by atoms with Crippen LogP contribution in [0.15, 0.2) is 73.1 Å². The molecular weight excluding hydrogens is 369 g/mol. The number of carbonyl (C=O) groups is 1. The number of amides is 1. The minimum atomic E-state index is -0.382. The van der Waals surface area contributed by atoms with Crippen molar-refractivity contribution < 1.29 is 13.9 Å². The van der Waals surface area contributed by atoms with Crippen LogP contribution in [0.2, 0.25) is 0 Å². The second-order valence-electron chi connectivity index (χ2n) is 6.78. The number of fused-ring (bicyclic) bond motifs is 1. The molecule has 0 bridgehead atoms. The van der Waals surface area contributed by atoms with Gasteiger partial charge in [0.15, 0.2) is 0 Å². The minimum absolute atomic E-state index is 0.291. The summed E-state index contributed by atoms with van der Waals surface area (Å²) < 4.78 is 19.3. The molecule has 5 nitrogen and oxygen atoms in total. The third kappa shape index (κ3) is 4.27. The summed E-state index contributed by atoms with van der Waals surface area (Å²) in [5.74, 6) is -0.0178. The predicted octanol–water partition coefficient (Wildman–Crippen LogP) is 4.77. The van der Waals surface area contributed by atoms with Gasteiger partial charge in [0, 0.05) is 17.1 Å². The van der Waals surface area contributed by atoms with Crippen LogP contribution in [0.5, 0.6) is 5.75 Å². The number of rotatable bonds is 6. The zero-order chi connectivity index (χ0) is 20.2. The van der Waals surface area contributed by atoms with Gasteiger partial charge in [0.1, 0.15) is 18.2 Å². The molecule has 29 heavy (non-hydrogen) atoms. The largest absolute Gasteiger partial charge is 0.487 e. The second-order valence-corrected chi connectivity index (χ2v) is 6.78. The lowest BCUT2D eigenvalue weighted by molar-refractivity contribution is 0.0941. The lowest BCUT2D eigenvalue weighted by Crippen LogP contribution is -2.27. The van der Waals surface area contributed by atoms with E-state index in [2.05, 4.69) is 15.3 Å². The van der Waals surface area contributed by atoms with Crippen molar-refractivity contribution in [2.24, 2.45) is 0 Å². The number of nitrogens with one attached hydrogen (secondary N) is 2. The molecule has 0 saturated carbocycles. The van der Waals surface area contributed by atoms with Crippen LogP contribution in [0.1, 0.15) is 34.6 Å². The van der Waals surface area contributed by atoms with Crippen LogP contribution in [0.4, 0.5) is 4.39 Å². The number of hydrogen-bond acceptors (Lipinski definition) is 3. The molecule has 0 spiro atoms. The Bertz CT molecular complexity index is 1120. The maximum atomic E-state index is 13.5. The van der Waals surface area contributed by atoms with Crippen molar-refractivity contribution in [3.63, 3.8) is 0 Å². The number of pyridine rings is 1. The quantitative estimate of drug-likeness (QED) is 0.499. The van der Waals surface area contributed by atoms with Gasteiger partial charge in [-0.3, -0.25) is 9.78 Å². The molecule has 2 aromatic heterocycles. The smallest absolute Gasteiger partial charge is 0.253 e. The highest BCUT2D eigenvalue weighted by Gasteiger charge is 2.16. The van der Waals surface area contributed by atoms with Gasteiger partial charge in [-0.15, -0.1) is 0 Å². The molecule has 0 radical (unpaired) electrons. The predicted molar refractivity (Wildman–Crippen MR) is 109 cm³/mol. The Labute approximate surface area is 167 Å². The summed E-state index contributed by atoms with van der Waals surface area (Å²) in [4.78, 5) is 20.0. The van der Waals surface area contributed by atoms with Crippen molar-refractivity contribution >= 4 is 16.8 Å². The van der Waals surface area contributed by atoms with Crippen molar-refractivity contribution in [2.75, 3.05) is 0 Å². The van der Waals surface area contributed by atoms with Crippen LogP contribution < -0.4 is 10.1 Å². The van der Waals surface area contributed by atoms with Gasteiger partial charge in [0.05, 0.1) is 23.5 Å². The van der Waals surface area contributed by atoms with E-state index in [0.29, 0.717) is 34.5 Å². The summed E-state index contributed by atoms with van der Waals surface area (Å²) in [6.07, 6.45) is 3.22. The van der Waals surface area contributed by atoms with E-state index >= 15 is 0 Å². The first kappa shape index (κ1) is 18.7. The first-order chi connectivity index (χ1) is 14.1. The number of halogens is 1. The highest BCUT2D eigenvalue weighted by atomic mass is 19.1. The molecule has 2 aromatic carbocycles. The molecule has 1 atom stereocenters. The number of H-pyrrole nitrogens is 1. The van der Waals surface area contributed by atoms with E-state index in [0.717, 1.165) is 5.56 Å². The van der Waals surface area contributed by atoms with Gasteiger partial charge < -0.3 is 15.0 Å². The van der Waals surface area contributed by atoms with E-state index in [1.165, 1.54) is 12.1 Å². The molecule has 0 aliphatic rings. The third-order valence-corrected chi connectivity index (χ3v) is 4.69. The number of carbonyl (C=O) groups excluding carboxylic acids is 1. The maximum absolute atomic E-state index is 13.5. The minimum Gasteiger partial charge on any atom is -0.487 e. The second kappa shape index (κ2) is 8.14. The van der Waals surface area contributed by atoms with E-state index < -0.39 is 0 Å². The Kier molecular flexibility index (Phi) is 5.24. The van der Waals surface area contributed by atoms with E-state index in [9.17, 15) is 9.18 Å². The van der Waals surface area contributed by atoms with Crippen molar-refractivity contribution in [3.8, 4) is 5.75 Å². The summed E-state index contributed by atoms with van der Waals surface area (Å²) in [6, 6.07) is 17.5. The van der Waals surface area contributed by atoms with Gasteiger partial charge in [0.2, 0.25) is 0 Å². The first-order valence-electron chi connectivity index (χ1n) is 9.30. The SMILES string of the molecule is CC(NC(=O)c1c[nH]c2ccc(F)cc12)c1ccc(OCc2ccccc2)cn1.